The maximum absolute atomic E-state index is 11.3. The zero-order chi connectivity index (χ0) is 13.8. The van der Waals surface area contributed by atoms with Crippen molar-refractivity contribution in [3.63, 3.8) is 0 Å². The van der Waals surface area contributed by atoms with Crippen molar-refractivity contribution in [2.45, 2.75) is 12.2 Å². The van der Waals surface area contributed by atoms with Gasteiger partial charge >= 0.3 is 0 Å². The minimum atomic E-state index is -0.824. The Morgan fingerprint density at radius 3 is 2.89 bits per heavy atom. The Morgan fingerprint density at radius 2 is 2.21 bits per heavy atom. The van der Waals surface area contributed by atoms with E-state index in [-0.39, 0.29) is 5.25 Å². The number of anilines is 1. The number of hydrogen-bond acceptors (Lipinski definition) is 4. The van der Waals surface area contributed by atoms with E-state index < -0.39 is 10.8 Å². The third kappa shape index (κ3) is 3.78. The number of halogens is 1. The minimum Gasteiger partial charge on any atom is -0.360 e. The van der Waals surface area contributed by atoms with Crippen molar-refractivity contribution >= 4 is 38.9 Å². The Labute approximate surface area is 124 Å². The second-order valence-electron chi connectivity index (χ2n) is 4.21. The van der Waals surface area contributed by atoms with Crippen LogP contribution in [0.1, 0.15) is 6.92 Å². The Hall–Kier alpha value is -0.910. The maximum atomic E-state index is 11.3. The molecule has 1 aromatic heterocycles. The van der Waals surface area contributed by atoms with Gasteiger partial charge in [0.05, 0.1) is 5.69 Å². The topological polar surface area (TPSA) is 42.0 Å². The molecule has 1 aromatic carbocycles. The summed E-state index contributed by atoms with van der Waals surface area (Å²) >= 11 is 7.67. The molecule has 0 bridgehead atoms. The summed E-state index contributed by atoms with van der Waals surface area (Å²) < 4.78 is 11.3. The summed E-state index contributed by atoms with van der Waals surface area (Å²) in [4.78, 5) is 4.50. The Morgan fingerprint density at radius 1 is 1.47 bits per heavy atom. The van der Waals surface area contributed by atoms with Crippen molar-refractivity contribution in [2.24, 2.45) is 0 Å². The van der Waals surface area contributed by atoms with Gasteiger partial charge in [-0.3, -0.25) is 4.21 Å². The smallest absolute Gasteiger partial charge is 0.183 e. The molecule has 2 atom stereocenters. The third-order valence-corrected chi connectivity index (χ3v) is 5.19. The predicted molar refractivity (Wildman–Crippen MR) is 84.6 cm³/mol. The maximum Gasteiger partial charge on any atom is 0.183 e. The van der Waals surface area contributed by atoms with Gasteiger partial charge in [0.1, 0.15) is 0 Å². The van der Waals surface area contributed by atoms with Gasteiger partial charge in [-0.1, -0.05) is 29.8 Å². The summed E-state index contributed by atoms with van der Waals surface area (Å²) in [5, 5.41) is 6.80. The average molecular weight is 315 g/mol. The van der Waals surface area contributed by atoms with Gasteiger partial charge in [-0.15, -0.1) is 11.3 Å². The van der Waals surface area contributed by atoms with Crippen LogP contribution < -0.4 is 5.32 Å². The molecule has 19 heavy (non-hydrogen) atoms. The molecule has 0 saturated carbocycles. The molecule has 0 saturated heterocycles. The van der Waals surface area contributed by atoms with Crippen molar-refractivity contribution in [3.05, 3.63) is 34.7 Å². The van der Waals surface area contributed by atoms with Crippen molar-refractivity contribution in [3.8, 4) is 11.3 Å². The van der Waals surface area contributed by atoms with Crippen LogP contribution in [0.3, 0.4) is 0 Å². The van der Waals surface area contributed by atoms with Crippen LogP contribution in [0.2, 0.25) is 5.02 Å². The third-order valence-electron chi connectivity index (χ3n) is 2.76. The molecule has 0 amide bonds. The van der Waals surface area contributed by atoms with Crippen molar-refractivity contribution in [1.29, 1.82) is 0 Å². The fourth-order valence-corrected chi connectivity index (χ4v) is 2.77. The summed E-state index contributed by atoms with van der Waals surface area (Å²) in [6.07, 6.45) is 1.71. The van der Waals surface area contributed by atoms with E-state index in [1.54, 1.807) is 6.26 Å². The van der Waals surface area contributed by atoms with Crippen LogP contribution >= 0.6 is 22.9 Å². The van der Waals surface area contributed by atoms with E-state index in [0.29, 0.717) is 11.6 Å². The molecule has 6 heteroatoms. The Balaban J connectivity index is 2.08. The van der Waals surface area contributed by atoms with Crippen LogP contribution in [0.4, 0.5) is 5.13 Å². The molecule has 2 rings (SSSR count). The lowest BCUT2D eigenvalue weighted by molar-refractivity contribution is 0.679. The van der Waals surface area contributed by atoms with Gasteiger partial charge in [-0.2, -0.15) is 0 Å². The lowest BCUT2D eigenvalue weighted by Crippen LogP contribution is -2.20. The van der Waals surface area contributed by atoms with Crippen LogP contribution in [0, 0.1) is 0 Å². The number of nitrogens with one attached hydrogen (secondary N) is 1. The molecule has 0 aliphatic rings. The number of nitrogens with zero attached hydrogens (tertiary/aromatic N) is 1. The minimum absolute atomic E-state index is 0.104. The average Bonchev–Trinajstić information content (AvgIpc) is 2.85. The van der Waals surface area contributed by atoms with Crippen molar-refractivity contribution < 1.29 is 4.21 Å². The number of thiazole rings is 1. The molecule has 0 spiro atoms. The molecule has 102 valence electrons. The summed E-state index contributed by atoms with van der Waals surface area (Å²) in [6, 6.07) is 7.64. The van der Waals surface area contributed by atoms with Crippen LogP contribution in [0.5, 0.6) is 0 Å². The first kappa shape index (κ1) is 14.5. The standard InChI is InChI=1S/C13H15ClN2OS2/c1-9(19(2)17)7-15-13-16-12(8-18-13)10-5-3-4-6-11(10)14/h3-6,8-9H,7H2,1-2H3,(H,15,16)/t9-,19+/m0/s1. The SMILES string of the molecule is C[C@@H](CNc1nc(-c2ccccc2Cl)cs1)[S@@](C)=O. The Kier molecular flexibility index (Phi) is 4.96. The molecule has 1 N–H and O–H groups in total. The number of benzene rings is 1. The van der Waals surface area contributed by atoms with Crippen molar-refractivity contribution in [1.82, 2.24) is 4.98 Å². The van der Waals surface area contributed by atoms with Gasteiger partial charge in [0.15, 0.2) is 5.13 Å². The fraction of sp³-hybridized carbons (Fsp3) is 0.308. The van der Waals surface area contributed by atoms with Gasteiger partial charge in [0.2, 0.25) is 0 Å². The molecule has 0 aliphatic heterocycles. The van der Waals surface area contributed by atoms with Crippen molar-refractivity contribution in [2.75, 3.05) is 18.1 Å². The van der Waals surface area contributed by atoms with E-state index in [1.165, 1.54) is 11.3 Å². The highest BCUT2D eigenvalue weighted by atomic mass is 35.5. The van der Waals surface area contributed by atoms with E-state index in [2.05, 4.69) is 10.3 Å². The molecular formula is C13H15ClN2OS2. The quantitative estimate of drug-likeness (QED) is 0.916. The zero-order valence-electron chi connectivity index (χ0n) is 10.7. The molecule has 0 radical (unpaired) electrons. The lowest BCUT2D eigenvalue weighted by Gasteiger charge is -2.08. The van der Waals surface area contributed by atoms with Gasteiger partial charge in [-0.25, -0.2) is 4.98 Å². The van der Waals surface area contributed by atoms with Gasteiger partial charge in [-0.05, 0) is 13.0 Å². The number of aromatic nitrogens is 1. The summed E-state index contributed by atoms with van der Waals surface area (Å²) in [6.45, 7) is 2.60. The van der Waals surface area contributed by atoms with E-state index in [1.807, 2.05) is 36.6 Å². The van der Waals surface area contributed by atoms with Gasteiger partial charge in [0.25, 0.3) is 0 Å². The van der Waals surface area contributed by atoms with E-state index in [4.69, 9.17) is 11.6 Å². The monoisotopic (exact) mass is 314 g/mol. The van der Waals surface area contributed by atoms with Crippen LogP contribution in [0.15, 0.2) is 29.6 Å². The van der Waals surface area contributed by atoms with Crippen LogP contribution in [-0.2, 0) is 10.8 Å². The highest BCUT2D eigenvalue weighted by Crippen LogP contribution is 2.30. The lowest BCUT2D eigenvalue weighted by atomic mass is 10.2. The van der Waals surface area contributed by atoms with Crippen LogP contribution in [0.25, 0.3) is 11.3 Å². The molecular weight excluding hydrogens is 300 g/mol. The molecule has 0 fully saturated rings. The van der Waals surface area contributed by atoms with E-state index in [9.17, 15) is 4.21 Å². The van der Waals surface area contributed by atoms with Gasteiger partial charge in [0, 0.05) is 44.8 Å². The first-order valence-corrected chi connectivity index (χ1v) is 8.72. The zero-order valence-corrected chi connectivity index (χ0v) is 13.1. The normalized spacial score (nSPS) is 14.1. The second-order valence-corrected chi connectivity index (χ2v) is 7.28. The predicted octanol–water partition coefficient (Wildman–Crippen LogP) is 3.64. The summed E-state index contributed by atoms with van der Waals surface area (Å²) in [5.41, 5.74) is 1.80. The fourth-order valence-electron chi connectivity index (χ4n) is 1.50. The molecule has 2 aromatic rings. The van der Waals surface area contributed by atoms with E-state index >= 15 is 0 Å². The molecule has 3 nitrogen and oxygen atoms in total. The number of rotatable bonds is 5. The Bertz CT molecular complexity index is 586. The molecule has 0 aliphatic carbocycles. The summed E-state index contributed by atoms with van der Waals surface area (Å²) in [7, 11) is -0.824. The first-order chi connectivity index (χ1) is 9.08. The van der Waals surface area contributed by atoms with Gasteiger partial charge < -0.3 is 5.32 Å². The first-order valence-electron chi connectivity index (χ1n) is 5.84. The molecule has 1 heterocycles. The van der Waals surface area contributed by atoms with E-state index in [0.717, 1.165) is 16.4 Å². The second kappa shape index (κ2) is 6.50. The molecule has 0 unspecified atom stereocenters. The van der Waals surface area contributed by atoms with Crippen LogP contribution in [-0.4, -0.2) is 27.2 Å². The number of hydrogen-bond donors (Lipinski definition) is 1. The highest BCUT2D eigenvalue weighted by Gasteiger charge is 2.10. The summed E-state index contributed by atoms with van der Waals surface area (Å²) in [5.74, 6) is 0. The largest absolute Gasteiger partial charge is 0.360 e. The highest BCUT2D eigenvalue weighted by molar-refractivity contribution is 7.84.